The molecular formula is C12H15BrClF. The highest BCUT2D eigenvalue weighted by atomic mass is 79.9. The Morgan fingerprint density at radius 2 is 1.93 bits per heavy atom. The van der Waals surface area contributed by atoms with Gasteiger partial charge in [0.15, 0.2) is 0 Å². The summed E-state index contributed by atoms with van der Waals surface area (Å²) in [5, 5.41) is -0.0306. The van der Waals surface area contributed by atoms with Crippen molar-refractivity contribution in [1.82, 2.24) is 0 Å². The molecule has 3 heteroatoms. The van der Waals surface area contributed by atoms with Crippen LogP contribution in [0.4, 0.5) is 4.39 Å². The van der Waals surface area contributed by atoms with Crippen LogP contribution >= 0.6 is 27.5 Å². The third kappa shape index (κ3) is 3.18. The quantitative estimate of drug-likeness (QED) is 0.660. The molecule has 0 aliphatic rings. The minimum Gasteiger partial charge on any atom is -0.206 e. The first kappa shape index (κ1) is 13.0. The van der Waals surface area contributed by atoms with Gasteiger partial charge in [0, 0.05) is 0 Å². The zero-order valence-corrected chi connectivity index (χ0v) is 11.3. The Bertz CT molecular complexity index is 323. The van der Waals surface area contributed by atoms with E-state index >= 15 is 0 Å². The minimum absolute atomic E-state index is 0.0306. The van der Waals surface area contributed by atoms with Crippen molar-refractivity contribution < 1.29 is 4.39 Å². The van der Waals surface area contributed by atoms with Gasteiger partial charge in [-0.2, -0.15) is 0 Å². The van der Waals surface area contributed by atoms with Crippen molar-refractivity contribution in [2.24, 2.45) is 5.92 Å². The summed E-state index contributed by atoms with van der Waals surface area (Å²) in [6, 6.07) is 4.98. The van der Waals surface area contributed by atoms with Crippen LogP contribution in [-0.2, 0) is 0 Å². The van der Waals surface area contributed by atoms with Crippen LogP contribution in [0.1, 0.15) is 37.6 Å². The molecule has 1 atom stereocenters. The Morgan fingerprint density at radius 1 is 1.33 bits per heavy atom. The normalized spacial score (nSPS) is 13.2. The molecule has 1 aromatic carbocycles. The lowest BCUT2D eigenvalue weighted by Crippen LogP contribution is -2.06. The number of benzene rings is 1. The van der Waals surface area contributed by atoms with Crippen LogP contribution in [0.2, 0.25) is 0 Å². The van der Waals surface area contributed by atoms with E-state index < -0.39 is 0 Å². The number of rotatable bonds is 4. The predicted octanol–water partition coefficient (Wildman–Crippen LogP) is 5.30. The lowest BCUT2D eigenvalue weighted by molar-refractivity contribution is 0.475. The summed E-state index contributed by atoms with van der Waals surface area (Å²) < 4.78 is 13.5. The van der Waals surface area contributed by atoms with Gasteiger partial charge < -0.3 is 0 Å². The van der Waals surface area contributed by atoms with Crippen LogP contribution in [0.25, 0.3) is 0 Å². The standard InChI is InChI=1S/C12H15BrClF/c1-3-8(4-2)12(14)9-5-6-11(15)10(13)7-9/h5-8,12H,3-4H2,1-2H3. The largest absolute Gasteiger partial charge is 0.206 e. The van der Waals surface area contributed by atoms with Crippen molar-refractivity contribution in [3.05, 3.63) is 34.1 Å². The Morgan fingerprint density at radius 3 is 2.40 bits per heavy atom. The SMILES string of the molecule is CCC(CC)C(Cl)c1ccc(F)c(Br)c1. The van der Waals surface area contributed by atoms with Gasteiger partial charge in [-0.15, -0.1) is 11.6 Å². The summed E-state index contributed by atoms with van der Waals surface area (Å²) in [6.45, 7) is 4.25. The zero-order valence-electron chi connectivity index (χ0n) is 8.93. The summed E-state index contributed by atoms with van der Waals surface area (Å²) in [7, 11) is 0. The van der Waals surface area contributed by atoms with E-state index in [2.05, 4.69) is 29.8 Å². The second-order valence-corrected chi connectivity index (χ2v) is 4.98. The molecule has 0 aromatic heterocycles. The molecule has 84 valence electrons. The fourth-order valence-electron chi connectivity index (χ4n) is 1.66. The van der Waals surface area contributed by atoms with Gasteiger partial charge in [0.2, 0.25) is 0 Å². The number of alkyl halides is 1. The van der Waals surface area contributed by atoms with E-state index in [1.807, 2.05) is 0 Å². The fraction of sp³-hybridized carbons (Fsp3) is 0.500. The molecule has 1 unspecified atom stereocenters. The van der Waals surface area contributed by atoms with Crippen LogP contribution < -0.4 is 0 Å². The molecule has 0 bridgehead atoms. The van der Waals surface area contributed by atoms with E-state index in [0.717, 1.165) is 18.4 Å². The Hall–Kier alpha value is -0.0800. The zero-order chi connectivity index (χ0) is 11.4. The maximum absolute atomic E-state index is 13.0. The van der Waals surface area contributed by atoms with Crippen LogP contribution in [0.3, 0.4) is 0 Å². The molecule has 0 N–H and O–H groups in total. The highest BCUT2D eigenvalue weighted by Gasteiger charge is 2.18. The molecule has 0 saturated heterocycles. The number of hydrogen-bond donors (Lipinski definition) is 0. The number of halogens is 3. The second kappa shape index (κ2) is 5.86. The molecule has 0 spiro atoms. The lowest BCUT2D eigenvalue weighted by Gasteiger charge is -2.19. The molecule has 15 heavy (non-hydrogen) atoms. The van der Waals surface area contributed by atoms with Crippen molar-refractivity contribution in [1.29, 1.82) is 0 Å². The molecule has 0 aliphatic carbocycles. The highest BCUT2D eigenvalue weighted by Crippen LogP contribution is 2.34. The highest BCUT2D eigenvalue weighted by molar-refractivity contribution is 9.10. The van der Waals surface area contributed by atoms with E-state index in [9.17, 15) is 4.39 Å². The van der Waals surface area contributed by atoms with Gasteiger partial charge in [0.25, 0.3) is 0 Å². The topological polar surface area (TPSA) is 0 Å². The first-order chi connectivity index (χ1) is 7.10. The van der Waals surface area contributed by atoms with E-state index in [4.69, 9.17) is 11.6 Å². The average molecular weight is 294 g/mol. The van der Waals surface area contributed by atoms with Gasteiger partial charge in [-0.25, -0.2) is 4.39 Å². The molecule has 0 heterocycles. The average Bonchev–Trinajstić information content (AvgIpc) is 2.23. The molecule has 1 rings (SSSR count). The van der Waals surface area contributed by atoms with E-state index in [1.54, 1.807) is 12.1 Å². The van der Waals surface area contributed by atoms with Crippen molar-refractivity contribution in [2.75, 3.05) is 0 Å². The third-order valence-corrected chi connectivity index (χ3v) is 3.94. The van der Waals surface area contributed by atoms with Gasteiger partial charge >= 0.3 is 0 Å². The molecule has 0 nitrogen and oxygen atoms in total. The molecule has 0 amide bonds. The molecule has 0 aliphatic heterocycles. The fourth-order valence-corrected chi connectivity index (χ4v) is 2.55. The van der Waals surface area contributed by atoms with Crippen LogP contribution in [0.15, 0.2) is 22.7 Å². The van der Waals surface area contributed by atoms with Gasteiger partial charge in [0.05, 0.1) is 9.85 Å². The Kier molecular flexibility index (Phi) is 5.07. The van der Waals surface area contributed by atoms with Gasteiger partial charge in [-0.1, -0.05) is 32.8 Å². The van der Waals surface area contributed by atoms with Crippen molar-refractivity contribution in [3.63, 3.8) is 0 Å². The molecule has 0 fully saturated rings. The molecule has 0 saturated carbocycles. The van der Waals surface area contributed by atoms with E-state index in [1.165, 1.54) is 6.07 Å². The van der Waals surface area contributed by atoms with Crippen LogP contribution in [-0.4, -0.2) is 0 Å². The van der Waals surface area contributed by atoms with E-state index in [0.29, 0.717) is 10.4 Å². The monoisotopic (exact) mass is 292 g/mol. The molecule has 1 aromatic rings. The van der Waals surface area contributed by atoms with Crippen molar-refractivity contribution >= 4 is 27.5 Å². The first-order valence-electron chi connectivity index (χ1n) is 5.19. The molecule has 0 radical (unpaired) electrons. The third-order valence-electron chi connectivity index (χ3n) is 2.72. The summed E-state index contributed by atoms with van der Waals surface area (Å²) in [6.07, 6.45) is 2.08. The van der Waals surface area contributed by atoms with Crippen LogP contribution in [0, 0.1) is 11.7 Å². The summed E-state index contributed by atoms with van der Waals surface area (Å²) >= 11 is 9.53. The molecular weight excluding hydrogens is 278 g/mol. The second-order valence-electron chi connectivity index (χ2n) is 3.65. The van der Waals surface area contributed by atoms with Gasteiger partial charge in [-0.05, 0) is 39.5 Å². The van der Waals surface area contributed by atoms with Crippen LogP contribution in [0.5, 0.6) is 0 Å². The summed E-state index contributed by atoms with van der Waals surface area (Å²) in [5.41, 5.74) is 0.985. The maximum atomic E-state index is 13.0. The van der Waals surface area contributed by atoms with Gasteiger partial charge in [0.1, 0.15) is 5.82 Å². The summed E-state index contributed by atoms with van der Waals surface area (Å²) in [5.74, 6) is 0.205. The first-order valence-corrected chi connectivity index (χ1v) is 6.42. The van der Waals surface area contributed by atoms with Gasteiger partial charge in [-0.3, -0.25) is 0 Å². The van der Waals surface area contributed by atoms with Crippen molar-refractivity contribution in [3.8, 4) is 0 Å². The minimum atomic E-state index is -0.243. The van der Waals surface area contributed by atoms with Crippen molar-refractivity contribution in [2.45, 2.75) is 32.1 Å². The predicted molar refractivity (Wildman–Crippen MR) is 66.8 cm³/mol. The van der Waals surface area contributed by atoms with E-state index in [-0.39, 0.29) is 11.2 Å². The maximum Gasteiger partial charge on any atom is 0.137 e. The Labute approximate surface area is 104 Å². The lowest BCUT2D eigenvalue weighted by atomic mass is 9.94. The number of hydrogen-bond acceptors (Lipinski definition) is 0. The smallest absolute Gasteiger partial charge is 0.137 e. The summed E-state index contributed by atoms with van der Waals surface area (Å²) in [4.78, 5) is 0. The Balaban J connectivity index is 2.90.